The molecule has 1 saturated heterocycles. The van der Waals surface area contributed by atoms with Crippen LogP contribution < -0.4 is 5.32 Å². The second-order valence-electron chi connectivity index (χ2n) is 3.93. The van der Waals surface area contributed by atoms with Crippen molar-refractivity contribution in [2.24, 2.45) is 0 Å². The largest absolute Gasteiger partial charge is 0.337 e. The third-order valence-corrected chi connectivity index (χ3v) is 3.81. The maximum Gasteiger partial charge on any atom is 0.242 e. The van der Waals surface area contributed by atoms with Gasteiger partial charge in [0, 0.05) is 0 Å². The second kappa shape index (κ2) is 4.55. The van der Waals surface area contributed by atoms with E-state index in [1.54, 1.807) is 0 Å². The van der Waals surface area contributed by atoms with E-state index < -0.39 is 0 Å². The molecule has 0 aliphatic carbocycles. The van der Waals surface area contributed by atoms with E-state index in [-0.39, 0.29) is 5.12 Å². The average Bonchev–Trinajstić information content (AvgIpc) is 2.68. The average molecular weight is 271 g/mol. The number of nitrogens with one attached hydrogen (secondary N) is 1. The molecule has 88 valence electrons. The molecule has 18 heavy (non-hydrogen) atoms. The quantitative estimate of drug-likeness (QED) is 0.636. The molecule has 1 N–H and O–H groups in total. The zero-order chi connectivity index (χ0) is 12.5. The number of rotatable bonds is 1. The lowest BCUT2D eigenvalue weighted by atomic mass is 10.0. The summed E-state index contributed by atoms with van der Waals surface area (Å²) in [5.41, 5.74) is 1.58. The number of carbonyl (C=O) groups excluding carboxylic acids is 1. The van der Waals surface area contributed by atoms with Crippen LogP contribution >= 0.6 is 24.0 Å². The van der Waals surface area contributed by atoms with Crippen LogP contribution in [-0.2, 0) is 4.79 Å². The van der Waals surface area contributed by atoms with Crippen LogP contribution in [0.5, 0.6) is 0 Å². The molecule has 0 saturated carbocycles. The minimum atomic E-state index is -0.0204. The molecule has 1 heterocycles. The first-order chi connectivity index (χ1) is 8.74. The highest BCUT2D eigenvalue weighted by molar-refractivity contribution is 8.33. The molecule has 2 aromatic rings. The summed E-state index contributed by atoms with van der Waals surface area (Å²) in [6.07, 6.45) is 1.86. The number of hydrogen-bond donors (Lipinski definition) is 1. The standard InChI is InChI=1S/C14H9NOS2/c16-13-12(15-14(17)18-13)8-10-6-3-5-9-4-1-2-7-11(9)10/h1-8H,(H,15,17). The summed E-state index contributed by atoms with van der Waals surface area (Å²) in [5, 5.41) is 5.19. The minimum Gasteiger partial charge on any atom is -0.337 e. The van der Waals surface area contributed by atoms with Crippen LogP contribution in [0.1, 0.15) is 5.56 Å². The van der Waals surface area contributed by atoms with Gasteiger partial charge in [0.15, 0.2) is 0 Å². The predicted octanol–water partition coefficient (Wildman–Crippen LogP) is 3.33. The highest BCUT2D eigenvalue weighted by atomic mass is 32.2. The molecular formula is C14H9NOS2. The number of fused-ring (bicyclic) bond motifs is 1. The summed E-state index contributed by atoms with van der Waals surface area (Å²) >= 11 is 6.04. The Bertz CT molecular complexity index is 686. The lowest BCUT2D eigenvalue weighted by Crippen LogP contribution is -2.10. The van der Waals surface area contributed by atoms with Crippen molar-refractivity contribution in [2.45, 2.75) is 0 Å². The van der Waals surface area contributed by atoms with Crippen molar-refractivity contribution in [2.75, 3.05) is 0 Å². The second-order valence-corrected chi connectivity index (χ2v) is 5.58. The lowest BCUT2D eigenvalue weighted by Gasteiger charge is -2.03. The highest BCUT2D eigenvalue weighted by Gasteiger charge is 2.22. The molecular weight excluding hydrogens is 262 g/mol. The molecule has 0 spiro atoms. The Morgan fingerprint density at radius 1 is 1.11 bits per heavy atom. The maximum absolute atomic E-state index is 11.7. The van der Waals surface area contributed by atoms with Crippen LogP contribution in [-0.4, -0.2) is 9.44 Å². The summed E-state index contributed by atoms with van der Waals surface area (Å²) in [7, 11) is 0. The van der Waals surface area contributed by atoms with Gasteiger partial charge in [0.1, 0.15) is 4.32 Å². The Hall–Kier alpha value is -1.65. The van der Waals surface area contributed by atoms with Crippen molar-refractivity contribution >= 4 is 50.3 Å². The molecule has 4 heteroatoms. The van der Waals surface area contributed by atoms with Gasteiger partial charge in [0.05, 0.1) is 5.70 Å². The van der Waals surface area contributed by atoms with Gasteiger partial charge in [-0.15, -0.1) is 0 Å². The first kappa shape index (κ1) is 11.4. The first-order valence-electron chi connectivity index (χ1n) is 5.47. The fourth-order valence-corrected chi connectivity index (χ4v) is 2.84. The molecule has 2 nitrogen and oxygen atoms in total. The van der Waals surface area contributed by atoms with Crippen LogP contribution in [0.2, 0.25) is 0 Å². The summed E-state index contributed by atoms with van der Waals surface area (Å²) < 4.78 is 0.520. The number of hydrogen-bond acceptors (Lipinski definition) is 3. The van der Waals surface area contributed by atoms with Crippen LogP contribution in [0.3, 0.4) is 0 Å². The van der Waals surface area contributed by atoms with Gasteiger partial charge in [-0.3, -0.25) is 4.79 Å². The van der Waals surface area contributed by atoms with E-state index in [2.05, 4.69) is 17.4 Å². The van der Waals surface area contributed by atoms with Crippen LogP contribution in [0, 0.1) is 0 Å². The fourth-order valence-electron chi connectivity index (χ4n) is 1.95. The van der Waals surface area contributed by atoms with Crippen LogP contribution in [0.4, 0.5) is 0 Å². The van der Waals surface area contributed by atoms with Gasteiger partial charge in [0.25, 0.3) is 0 Å². The smallest absolute Gasteiger partial charge is 0.242 e. The topological polar surface area (TPSA) is 29.1 Å². The molecule has 1 aliphatic rings. The summed E-state index contributed by atoms with van der Waals surface area (Å²) in [6, 6.07) is 14.1. The van der Waals surface area contributed by atoms with Crippen molar-refractivity contribution in [3.63, 3.8) is 0 Å². The van der Waals surface area contributed by atoms with Gasteiger partial charge in [0.2, 0.25) is 5.12 Å². The first-order valence-corrected chi connectivity index (χ1v) is 6.69. The number of benzene rings is 2. The Morgan fingerprint density at radius 3 is 2.67 bits per heavy atom. The molecule has 0 unspecified atom stereocenters. The molecule has 0 aromatic heterocycles. The minimum absolute atomic E-state index is 0.0204. The maximum atomic E-state index is 11.7. The Balaban J connectivity index is 2.13. The monoisotopic (exact) mass is 271 g/mol. The van der Waals surface area contributed by atoms with Crippen LogP contribution in [0.15, 0.2) is 48.2 Å². The van der Waals surface area contributed by atoms with Crippen molar-refractivity contribution in [1.82, 2.24) is 5.32 Å². The van der Waals surface area contributed by atoms with Crippen LogP contribution in [0.25, 0.3) is 16.8 Å². The van der Waals surface area contributed by atoms with Gasteiger partial charge in [-0.25, -0.2) is 0 Å². The lowest BCUT2D eigenvalue weighted by molar-refractivity contribution is -0.107. The Morgan fingerprint density at radius 2 is 1.89 bits per heavy atom. The van der Waals surface area contributed by atoms with Gasteiger partial charge >= 0.3 is 0 Å². The summed E-state index contributed by atoms with van der Waals surface area (Å²) in [5.74, 6) is 0. The molecule has 3 rings (SSSR count). The van der Waals surface area contributed by atoms with E-state index in [0.717, 1.165) is 28.1 Å². The van der Waals surface area contributed by atoms with Gasteiger partial charge in [-0.1, -0.05) is 54.7 Å². The number of carbonyl (C=O) groups is 1. The van der Waals surface area contributed by atoms with Gasteiger partial charge in [-0.05, 0) is 34.2 Å². The van der Waals surface area contributed by atoms with Crippen molar-refractivity contribution < 1.29 is 4.79 Å². The van der Waals surface area contributed by atoms with Crippen molar-refractivity contribution in [3.8, 4) is 0 Å². The van der Waals surface area contributed by atoms with E-state index >= 15 is 0 Å². The third-order valence-electron chi connectivity index (χ3n) is 2.77. The molecule has 0 radical (unpaired) electrons. The van der Waals surface area contributed by atoms with Crippen molar-refractivity contribution in [3.05, 3.63) is 53.7 Å². The molecule has 1 fully saturated rings. The molecule has 0 atom stereocenters. The fraction of sp³-hybridized carbons (Fsp3) is 0. The number of thioether (sulfide) groups is 1. The zero-order valence-electron chi connectivity index (χ0n) is 9.34. The summed E-state index contributed by atoms with van der Waals surface area (Å²) in [6.45, 7) is 0. The predicted molar refractivity (Wildman–Crippen MR) is 80.3 cm³/mol. The Kier molecular flexibility index (Phi) is 2.89. The molecule has 0 bridgehead atoms. The van der Waals surface area contributed by atoms with E-state index in [1.165, 1.54) is 0 Å². The normalized spacial score (nSPS) is 17.4. The molecule has 1 aliphatic heterocycles. The Labute approximate surface area is 114 Å². The third kappa shape index (κ3) is 2.05. The van der Waals surface area contributed by atoms with Crippen molar-refractivity contribution in [1.29, 1.82) is 0 Å². The SMILES string of the molecule is O=C1SC(=S)NC1=Cc1cccc2ccccc12. The van der Waals surface area contributed by atoms with E-state index in [0.29, 0.717) is 10.0 Å². The van der Waals surface area contributed by atoms with E-state index in [9.17, 15) is 4.79 Å². The number of thiocarbonyl (C=S) groups is 1. The van der Waals surface area contributed by atoms with Gasteiger partial charge < -0.3 is 5.32 Å². The van der Waals surface area contributed by atoms with Gasteiger partial charge in [-0.2, -0.15) is 0 Å². The zero-order valence-corrected chi connectivity index (χ0v) is 11.0. The molecule has 0 amide bonds. The summed E-state index contributed by atoms with van der Waals surface area (Å²) in [4.78, 5) is 11.7. The van der Waals surface area contributed by atoms with E-state index in [1.807, 2.05) is 36.4 Å². The highest BCUT2D eigenvalue weighted by Crippen LogP contribution is 2.24. The van der Waals surface area contributed by atoms with E-state index in [4.69, 9.17) is 12.2 Å². The molecule has 2 aromatic carbocycles.